The quantitative estimate of drug-likeness (QED) is 0.661. The molecule has 102 valence electrons. The van der Waals surface area contributed by atoms with Crippen molar-refractivity contribution in [2.24, 2.45) is 0 Å². The Morgan fingerprint density at radius 1 is 1.10 bits per heavy atom. The molecule has 0 atom stereocenters. The van der Waals surface area contributed by atoms with Crippen LogP contribution in [0.15, 0.2) is 60.7 Å². The van der Waals surface area contributed by atoms with Gasteiger partial charge < -0.3 is 15.2 Å². The van der Waals surface area contributed by atoms with E-state index in [1.165, 1.54) is 7.11 Å². The number of hydrogen-bond acceptors (Lipinski definition) is 3. The molecule has 20 heavy (non-hydrogen) atoms. The fraction of sp³-hybridized carbons (Fsp3) is 0.0625. The van der Waals surface area contributed by atoms with Gasteiger partial charge in [0.15, 0.2) is 0 Å². The molecule has 2 aromatic carbocycles. The number of aliphatic hydroxyl groups excluding tert-OH is 1. The number of carbonyl (C=O) groups is 1. The first-order valence-corrected chi connectivity index (χ1v) is 6.11. The molecule has 0 unspecified atom stereocenters. The van der Waals surface area contributed by atoms with Gasteiger partial charge in [-0.05, 0) is 12.1 Å². The Labute approximate surface area is 117 Å². The monoisotopic (exact) mass is 269 g/mol. The molecule has 4 nitrogen and oxygen atoms in total. The predicted octanol–water partition coefficient (Wildman–Crippen LogP) is 3.23. The van der Waals surface area contributed by atoms with Gasteiger partial charge in [0.2, 0.25) is 0 Å². The number of hydrogen-bond donors (Lipinski definition) is 2. The van der Waals surface area contributed by atoms with Crippen LogP contribution in [0.3, 0.4) is 0 Å². The van der Waals surface area contributed by atoms with E-state index in [1.54, 1.807) is 42.5 Å². The van der Waals surface area contributed by atoms with Crippen molar-refractivity contribution in [3.05, 3.63) is 66.2 Å². The maximum Gasteiger partial charge on any atom is 0.252 e. The molecule has 0 aliphatic carbocycles. The lowest BCUT2D eigenvalue weighted by Crippen LogP contribution is -2.09. The highest BCUT2D eigenvalue weighted by molar-refractivity contribution is 6.03. The molecule has 2 N–H and O–H groups in total. The fourth-order valence-corrected chi connectivity index (χ4v) is 1.73. The predicted molar refractivity (Wildman–Crippen MR) is 78.7 cm³/mol. The normalized spacial score (nSPS) is 10.9. The second kappa shape index (κ2) is 6.43. The van der Waals surface area contributed by atoms with Crippen LogP contribution in [0.2, 0.25) is 0 Å². The zero-order chi connectivity index (χ0) is 14.4. The van der Waals surface area contributed by atoms with Gasteiger partial charge in [-0.25, -0.2) is 0 Å². The Morgan fingerprint density at radius 3 is 2.45 bits per heavy atom. The first-order valence-electron chi connectivity index (χ1n) is 6.11. The molecule has 2 rings (SSSR count). The number of nitrogens with one attached hydrogen (secondary N) is 1. The molecular weight excluding hydrogens is 254 g/mol. The Hall–Kier alpha value is -2.75. The maximum absolute atomic E-state index is 11.9. The van der Waals surface area contributed by atoms with Crippen LogP contribution in [0.5, 0.6) is 5.75 Å². The minimum absolute atomic E-state index is 0.0852. The molecular formula is C16H15NO3. The number of rotatable bonds is 4. The third kappa shape index (κ3) is 3.38. The summed E-state index contributed by atoms with van der Waals surface area (Å²) in [6, 6.07) is 15.9. The summed E-state index contributed by atoms with van der Waals surface area (Å²) in [6.07, 6.45) is 1.14. The molecule has 4 heteroatoms. The van der Waals surface area contributed by atoms with Gasteiger partial charge in [0.1, 0.15) is 11.5 Å². The molecule has 0 heterocycles. The smallest absolute Gasteiger partial charge is 0.252 e. The van der Waals surface area contributed by atoms with Crippen LogP contribution in [0.1, 0.15) is 5.56 Å². The van der Waals surface area contributed by atoms with E-state index in [0.29, 0.717) is 17.0 Å². The number of anilines is 1. The Bertz CT molecular complexity index is 621. The van der Waals surface area contributed by atoms with Crippen molar-refractivity contribution in [3.63, 3.8) is 0 Å². The molecule has 0 aliphatic heterocycles. The molecule has 0 saturated carbocycles. The number of ether oxygens (including phenoxy) is 1. The molecule has 0 saturated heterocycles. The Kier molecular flexibility index (Phi) is 4.39. The standard InChI is InChI=1S/C16H15NO3/c1-20-15-10-6-5-9-13(15)17-16(19)11-14(18)12-7-3-2-4-8-12/h2-11,18H,1H3,(H,17,19)/b14-11-. The van der Waals surface area contributed by atoms with Gasteiger partial charge in [0.05, 0.1) is 12.8 Å². The molecule has 0 radical (unpaired) electrons. The Balaban J connectivity index is 2.13. The first kappa shape index (κ1) is 13.7. The highest BCUT2D eigenvalue weighted by Crippen LogP contribution is 2.23. The fourth-order valence-electron chi connectivity index (χ4n) is 1.73. The summed E-state index contributed by atoms with van der Waals surface area (Å²) in [5.74, 6) is 0.0577. The minimum Gasteiger partial charge on any atom is -0.507 e. The van der Waals surface area contributed by atoms with Crippen LogP contribution in [-0.2, 0) is 4.79 Å². The summed E-state index contributed by atoms with van der Waals surface area (Å²) in [4.78, 5) is 11.9. The lowest BCUT2D eigenvalue weighted by atomic mass is 10.2. The molecule has 0 spiro atoms. The Morgan fingerprint density at radius 2 is 1.75 bits per heavy atom. The third-order valence-corrected chi connectivity index (χ3v) is 2.70. The molecule has 0 fully saturated rings. The average Bonchev–Trinajstić information content (AvgIpc) is 2.48. The van der Waals surface area contributed by atoms with Crippen LogP contribution < -0.4 is 10.1 Å². The number of aliphatic hydroxyl groups is 1. The highest BCUT2D eigenvalue weighted by atomic mass is 16.5. The minimum atomic E-state index is -0.421. The number of para-hydroxylation sites is 2. The van der Waals surface area contributed by atoms with E-state index in [4.69, 9.17) is 4.74 Å². The van der Waals surface area contributed by atoms with Gasteiger partial charge in [-0.2, -0.15) is 0 Å². The number of carbonyl (C=O) groups excluding carboxylic acids is 1. The zero-order valence-corrected chi connectivity index (χ0v) is 11.0. The summed E-state index contributed by atoms with van der Waals surface area (Å²) in [5.41, 5.74) is 1.14. The first-order chi connectivity index (χ1) is 9.70. The van der Waals surface area contributed by atoms with Crippen molar-refractivity contribution < 1.29 is 14.6 Å². The highest BCUT2D eigenvalue weighted by Gasteiger charge is 2.06. The van der Waals surface area contributed by atoms with Crippen molar-refractivity contribution >= 4 is 17.4 Å². The number of methoxy groups -OCH3 is 1. The topological polar surface area (TPSA) is 58.6 Å². The van der Waals surface area contributed by atoms with Gasteiger partial charge in [0, 0.05) is 11.6 Å². The van der Waals surface area contributed by atoms with Crippen molar-refractivity contribution in [2.45, 2.75) is 0 Å². The number of benzene rings is 2. The molecule has 0 aliphatic rings. The van der Waals surface area contributed by atoms with Crippen molar-refractivity contribution in [2.75, 3.05) is 12.4 Å². The zero-order valence-electron chi connectivity index (χ0n) is 11.0. The summed E-state index contributed by atoms with van der Waals surface area (Å²) in [7, 11) is 1.53. The van der Waals surface area contributed by atoms with Crippen molar-refractivity contribution in [1.82, 2.24) is 0 Å². The van der Waals surface area contributed by atoms with Crippen LogP contribution in [-0.4, -0.2) is 18.1 Å². The van der Waals surface area contributed by atoms with E-state index >= 15 is 0 Å². The van der Waals surface area contributed by atoms with E-state index in [9.17, 15) is 9.90 Å². The third-order valence-electron chi connectivity index (χ3n) is 2.70. The van der Waals surface area contributed by atoms with E-state index in [2.05, 4.69) is 5.32 Å². The maximum atomic E-state index is 11.9. The largest absolute Gasteiger partial charge is 0.507 e. The summed E-state index contributed by atoms with van der Waals surface area (Å²) >= 11 is 0. The summed E-state index contributed by atoms with van der Waals surface area (Å²) in [5, 5.41) is 12.5. The van der Waals surface area contributed by atoms with E-state index in [1.807, 2.05) is 12.1 Å². The lowest BCUT2D eigenvalue weighted by molar-refractivity contribution is -0.111. The van der Waals surface area contributed by atoms with Crippen LogP contribution in [0.25, 0.3) is 5.76 Å². The molecule has 0 aromatic heterocycles. The van der Waals surface area contributed by atoms with Gasteiger partial charge in [0.25, 0.3) is 5.91 Å². The lowest BCUT2D eigenvalue weighted by Gasteiger charge is -2.08. The second-order valence-electron chi connectivity index (χ2n) is 4.09. The summed E-state index contributed by atoms with van der Waals surface area (Å²) in [6.45, 7) is 0. The SMILES string of the molecule is COc1ccccc1NC(=O)/C=C(\O)c1ccccc1. The van der Waals surface area contributed by atoms with Crippen molar-refractivity contribution in [1.29, 1.82) is 0 Å². The van der Waals surface area contributed by atoms with Gasteiger partial charge >= 0.3 is 0 Å². The van der Waals surface area contributed by atoms with Gasteiger partial charge in [-0.15, -0.1) is 0 Å². The molecule has 0 bridgehead atoms. The second-order valence-corrected chi connectivity index (χ2v) is 4.09. The molecule has 1 amide bonds. The van der Waals surface area contributed by atoms with Crippen LogP contribution in [0.4, 0.5) is 5.69 Å². The van der Waals surface area contributed by atoms with Crippen LogP contribution in [0, 0.1) is 0 Å². The van der Waals surface area contributed by atoms with Crippen molar-refractivity contribution in [3.8, 4) is 5.75 Å². The van der Waals surface area contributed by atoms with E-state index in [-0.39, 0.29) is 5.76 Å². The van der Waals surface area contributed by atoms with E-state index < -0.39 is 5.91 Å². The van der Waals surface area contributed by atoms with Gasteiger partial charge in [-0.1, -0.05) is 42.5 Å². The average molecular weight is 269 g/mol. The van der Waals surface area contributed by atoms with E-state index in [0.717, 1.165) is 6.08 Å². The number of amides is 1. The molecule has 2 aromatic rings. The van der Waals surface area contributed by atoms with Gasteiger partial charge in [-0.3, -0.25) is 4.79 Å². The summed E-state index contributed by atoms with van der Waals surface area (Å²) < 4.78 is 5.14. The van der Waals surface area contributed by atoms with Crippen LogP contribution >= 0.6 is 0 Å².